The summed E-state index contributed by atoms with van der Waals surface area (Å²) in [6.07, 6.45) is -2.27. The minimum absolute atomic E-state index is 0.0247. The van der Waals surface area contributed by atoms with Crippen molar-refractivity contribution < 1.29 is 27.4 Å². The molecule has 0 amide bonds. The Morgan fingerprint density at radius 2 is 2.07 bits per heavy atom. The molecule has 1 fully saturated rings. The maximum atomic E-state index is 13.0. The van der Waals surface area contributed by atoms with Gasteiger partial charge in [-0.3, -0.25) is 0 Å². The number of rotatable bonds is 5. The van der Waals surface area contributed by atoms with E-state index < -0.39 is 17.7 Å². The highest BCUT2D eigenvalue weighted by molar-refractivity contribution is 5.87. The second kappa shape index (κ2) is 7.81. The molecule has 144 valence electrons. The lowest BCUT2D eigenvalue weighted by Crippen LogP contribution is -2.24. The number of ether oxygens (including phenoxy) is 2. The van der Waals surface area contributed by atoms with Crippen molar-refractivity contribution in [2.75, 3.05) is 31.7 Å². The highest BCUT2D eigenvalue weighted by Gasteiger charge is 2.34. The molecule has 0 radical (unpaired) electrons. The van der Waals surface area contributed by atoms with E-state index in [0.717, 1.165) is 12.5 Å². The zero-order valence-electron chi connectivity index (χ0n) is 14.6. The van der Waals surface area contributed by atoms with Crippen molar-refractivity contribution in [3.8, 4) is 5.75 Å². The number of alkyl halides is 3. The summed E-state index contributed by atoms with van der Waals surface area (Å²) in [6, 6.07) is 6.62. The molecule has 0 N–H and O–H groups in total. The van der Waals surface area contributed by atoms with Crippen LogP contribution in [0.4, 0.5) is 19.1 Å². The topological polar surface area (TPSA) is 64.5 Å². The lowest BCUT2D eigenvalue weighted by Gasteiger charge is -2.18. The molecule has 1 aromatic heterocycles. The molecule has 1 aliphatic rings. The SMILES string of the molecule is COC(=O)c1ccnc(N2CCC(COc3ccccc3C(F)(F)F)C2)n1. The van der Waals surface area contributed by atoms with Crippen LogP contribution >= 0.6 is 0 Å². The number of hydrogen-bond donors (Lipinski definition) is 0. The monoisotopic (exact) mass is 381 g/mol. The van der Waals surface area contributed by atoms with Gasteiger partial charge in [0.2, 0.25) is 5.95 Å². The van der Waals surface area contributed by atoms with Crippen LogP contribution in [0, 0.1) is 5.92 Å². The molecule has 1 aliphatic heterocycles. The predicted molar refractivity (Wildman–Crippen MR) is 90.6 cm³/mol. The van der Waals surface area contributed by atoms with Crippen molar-refractivity contribution in [3.05, 3.63) is 47.8 Å². The second-order valence-corrected chi connectivity index (χ2v) is 6.14. The summed E-state index contributed by atoms with van der Waals surface area (Å²) in [5, 5.41) is 0. The Hall–Kier alpha value is -2.84. The van der Waals surface area contributed by atoms with E-state index in [1.807, 2.05) is 4.90 Å². The maximum absolute atomic E-state index is 13.0. The first-order chi connectivity index (χ1) is 12.9. The smallest absolute Gasteiger partial charge is 0.419 e. The molecular formula is C18H18F3N3O3. The van der Waals surface area contributed by atoms with E-state index in [1.165, 1.54) is 37.6 Å². The number of hydrogen-bond acceptors (Lipinski definition) is 6. The van der Waals surface area contributed by atoms with Crippen LogP contribution in [0.1, 0.15) is 22.5 Å². The molecule has 1 aromatic carbocycles. The van der Waals surface area contributed by atoms with Crippen LogP contribution in [0.3, 0.4) is 0 Å². The molecule has 1 atom stereocenters. The highest BCUT2D eigenvalue weighted by Crippen LogP contribution is 2.36. The molecule has 0 spiro atoms. The van der Waals surface area contributed by atoms with Gasteiger partial charge in [-0.25, -0.2) is 14.8 Å². The van der Waals surface area contributed by atoms with Crippen molar-refractivity contribution in [2.45, 2.75) is 12.6 Å². The van der Waals surface area contributed by atoms with Gasteiger partial charge in [0, 0.05) is 25.2 Å². The summed E-state index contributed by atoms with van der Waals surface area (Å²) >= 11 is 0. The number of aromatic nitrogens is 2. The second-order valence-electron chi connectivity index (χ2n) is 6.14. The lowest BCUT2D eigenvalue weighted by molar-refractivity contribution is -0.139. The number of anilines is 1. The van der Waals surface area contributed by atoms with Crippen LogP contribution in [0.5, 0.6) is 5.75 Å². The van der Waals surface area contributed by atoms with Crippen LogP contribution in [-0.2, 0) is 10.9 Å². The van der Waals surface area contributed by atoms with Gasteiger partial charge < -0.3 is 14.4 Å². The molecule has 6 nitrogen and oxygen atoms in total. The minimum Gasteiger partial charge on any atom is -0.493 e. The van der Waals surface area contributed by atoms with Gasteiger partial charge in [-0.1, -0.05) is 12.1 Å². The van der Waals surface area contributed by atoms with Gasteiger partial charge in [-0.2, -0.15) is 13.2 Å². The first-order valence-corrected chi connectivity index (χ1v) is 8.34. The molecule has 3 rings (SSSR count). The van der Waals surface area contributed by atoms with Gasteiger partial charge in [0.25, 0.3) is 0 Å². The Morgan fingerprint density at radius 3 is 2.81 bits per heavy atom. The summed E-state index contributed by atoms with van der Waals surface area (Å²) in [7, 11) is 1.27. The average Bonchev–Trinajstić information content (AvgIpc) is 3.14. The standard InChI is InChI=1S/C18H18F3N3O3/c1-26-16(25)14-6-8-22-17(23-14)24-9-7-12(10-24)11-27-15-5-3-2-4-13(15)18(19,20)21/h2-6,8,12H,7,9-11H2,1H3. The van der Waals surface area contributed by atoms with Crippen molar-refractivity contribution in [3.63, 3.8) is 0 Å². The zero-order chi connectivity index (χ0) is 19.4. The fourth-order valence-electron chi connectivity index (χ4n) is 2.90. The van der Waals surface area contributed by atoms with Crippen LogP contribution in [-0.4, -0.2) is 42.7 Å². The van der Waals surface area contributed by atoms with Crippen LogP contribution in [0.15, 0.2) is 36.5 Å². The molecule has 0 aliphatic carbocycles. The third-order valence-electron chi connectivity index (χ3n) is 4.27. The van der Waals surface area contributed by atoms with Crippen LogP contribution < -0.4 is 9.64 Å². The number of methoxy groups -OCH3 is 1. The molecule has 0 bridgehead atoms. The lowest BCUT2D eigenvalue weighted by atomic mass is 10.1. The van der Waals surface area contributed by atoms with Gasteiger partial charge in [-0.15, -0.1) is 0 Å². The average molecular weight is 381 g/mol. The quantitative estimate of drug-likeness (QED) is 0.742. The van der Waals surface area contributed by atoms with Gasteiger partial charge in [-0.05, 0) is 24.6 Å². The van der Waals surface area contributed by atoms with E-state index in [9.17, 15) is 18.0 Å². The summed E-state index contributed by atoms with van der Waals surface area (Å²) in [6.45, 7) is 1.30. The third kappa shape index (κ3) is 4.47. The van der Waals surface area contributed by atoms with E-state index in [4.69, 9.17) is 4.74 Å². The Bertz CT molecular complexity index is 814. The number of esters is 1. The number of carbonyl (C=O) groups is 1. The van der Waals surface area contributed by atoms with Crippen molar-refractivity contribution in [1.29, 1.82) is 0 Å². The summed E-state index contributed by atoms with van der Waals surface area (Å²) in [5.74, 6) is -0.318. The largest absolute Gasteiger partial charge is 0.493 e. The zero-order valence-corrected chi connectivity index (χ0v) is 14.6. The first-order valence-electron chi connectivity index (χ1n) is 8.34. The number of carbonyl (C=O) groups excluding carboxylic acids is 1. The molecule has 0 saturated carbocycles. The predicted octanol–water partition coefficient (Wildman–Crippen LogP) is 3.19. The number of para-hydroxylation sites is 1. The van der Waals surface area contributed by atoms with Gasteiger partial charge in [0.05, 0.1) is 19.3 Å². The molecule has 9 heteroatoms. The van der Waals surface area contributed by atoms with Crippen molar-refractivity contribution >= 4 is 11.9 Å². The van der Waals surface area contributed by atoms with Gasteiger partial charge in [0.15, 0.2) is 5.69 Å². The van der Waals surface area contributed by atoms with E-state index in [2.05, 4.69) is 14.7 Å². The minimum atomic E-state index is -4.46. The van der Waals surface area contributed by atoms with E-state index in [-0.39, 0.29) is 24.0 Å². The summed E-state index contributed by atoms with van der Waals surface area (Å²) in [4.78, 5) is 21.8. The highest BCUT2D eigenvalue weighted by atomic mass is 19.4. The molecule has 27 heavy (non-hydrogen) atoms. The number of halogens is 3. The van der Waals surface area contributed by atoms with Gasteiger partial charge >= 0.3 is 12.1 Å². The van der Waals surface area contributed by atoms with Gasteiger partial charge in [0.1, 0.15) is 5.75 Å². The Morgan fingerprint density at radius 1 is 1.30 bits per heavy atom. The Balaban J connectivity index is 1.62. The number of nitrogens with zero attached hydrogens (tertiary/aromatic N) is 3. The Kier molecular flexibility index (Phi) is 5.48. The molecular weight excluding hydrogens is 363 g/mol. The normalized spacial score (nSPS) is 17.0. The number of benzene rings is 1. The van der Waals surface area contributed by atoms with Crippen LogP contribution in [0.25, 0.3) is 0 Å². The van der Waals surface area contributed by atoms with Crippen molar-refractivity contribution in [2.24, 2.45) is 5.92 Å². The van der Waals surface area contributed by atoms with E-state index in [1.54, 1.807) is 0 Å². The fourth-order valence-corrected chi connectivity index (χ4v) is 2.90. The fraction of sp³-hybridized carbons (Fsp3) is 0.389. The van der Waals surface area contributed by atoms with Crippen LogP contribution in [0.2, 0.25) is 0 Å². The maximum Gasteiger partial charge on any atom is 0.419 e. The Labute approximate surface area is 153 Å². The third-order valence-corrected chi connectivity index (χ3v) is 4.27. The molecule has 2 heterocycles. The molecule has 1 unspecified atom stereocenters. The van der Waals surface area contributed by atoms with Crippen molar-refractivity contribution in [1.82, 2.24) is 9.97 Å². The summed E-state index contributed by atoms with van der Waals surface area (Å²) < 4.78 is 49.2. The van der Waals surface area contributed by atoms with E-state index >= 15 is 0 Å². The molecule has 2 aromatic rings. The van der Waals surface area contributed by atoms with E-state index in [0.29, 0.717) is 19.0 Å². The first kappa shape index (κ1) is 18.9. The molecule has 1 saturated heterocycles. The summed E-state index contributed by atoms with van der Waals surface area (Å²) in [5.41, 5.74) is -0.629.